The Morgan fingerprint density at radius 1 is 1.10 bits per heavy atom. The molecule has 21 heavy (non-hydrogen) atoms. The summed E-state index contributed by atoms with van der Waals surface area (Å²) in [5, 5.41) is 9.07. The molecule has 2 aromatic rings. The zero-order valence-electron chi connectivity index (χ0n) is 11.1. The van der Waals surface area contributed by atoms with E-state index in [9.17, 15) is 17.2 Å². The van der Waals surface area contributed by atoms with Crippen LogP contribution in [0, 0.1) is 18.6 Å². The van der Waals surface area contributed by atoms with E-state index in [1.807, 2.05) is 0 Å². The zero-order chi connectivity index (χ0) is 15.6. The van der Waals surface area contributed by atoms with Gasteiger partial charge in [0.05, 0.1) is 17.2 Å². The van der Waals surface area contributed by atoms with Crippen LogP contribution in [0.1, 0.15) is 11.1 Å². The van der Waals surface area contributed by atoms with Crippen molar-refractivity contribution in [2.24, 2.45) is 0 Å². The Morgan fingerprint density at radius 2 is 1.71 bits per heavy atom. The number of aliphatic hydroxyl groups excluding tert-OH is 1. The number of nitrogens with one attached hydrogen (secondary N) is 1. The number of hydrogen-bond acceptors (Lipinski definition) is 3. The van der Waals surface area contributed by atoms with E-state index in [0.29, 0.717) is 17.2 Å². The summed E-state index contributed by atoms with van der Waals surface area (Å²) >= 11 is 0. The number of halogens is 2. The van der Waals surface area contributed by atoms with Crippen molar-refractivity contribution < 1.29 is 22.3 Å². The fourth-order valence-corrected chi connectivity index (χ4v) is 3.19. The number of rotatable bonds is 4. The van der Waals surface area contributed by atoms with Crippen LogP contribution in [0.3, 0.4) is 0 Å². The summed E-state index contributed by atoms with van der Waals surface area (Å²) in [6, 6.07) is 6.86. The molecule has 0 unspecified atom stereocenters. The standard InChI is InChI=1S/C14H13F2NO3S/c1-9-2-3-10(8-18)4-14(9)21(19,20)17-13-6-11(15)5-12(16)7-13/h2-7,17-18H,8H2,1H3. The predicted molar refractivity (Wildman–Crippen MR) is 74.3 cm³/mol. The third kappa shape index (κ3) is 3.56. The largest absolute Gasteiger partial charge is 0.392 e. The average molecular weight is 313 g/mol. The highest BCUT2D eigenvalue weighted by Crippen LogP contribution is 2.22. The first-order chi connectivity index (χ1) is 9.81. The van der Waals surface area contributed by atoms with E-state index in [1.165, 1.54) is 6.07 Å². The van der Waals surface area contributed by atoms with Gasteiger partial charge >= 0.3 is 0 Å². The van der Waals surface area contributed by atoms with Crippen molar-refractivity contribution in [3.63, 3.8) is 0 Å². The molecule has 4 nitrogen and oxygen atoms in total. The molecule has 0 aliphatic carbocycles. The molecular formula is C14H13F2NO3S. The number of anilines is 1. The molecule has 0 spiro atoms. The molecule has 0 heterocycles. The van der Waals surface area contributed by atoms with Crippen molar-refractivity contribution in [3.05, 3.63) is 59.2 Å². The summed E-state index contributed by atoms with van der Waals surface area (Å²) in [7, 11) is -4.00. The van der Waals surface area contributed by atoms with Gasteiger partial charge in [0.25, 0.3) is 10.0 Å². The second-order valence-electron chi connectivity index (χ2n) is 4.52. The fourth-order valence-electron chi connectivity index (χ4n) is 1.86. The Kier molecular flexibility index (Phi) is 4.24. The summed E-state index contributed by atoms with van der Waals surface area (Å²) < 4.78 is 52.9. The van der Waals surface area contributed by atoms with Gasteiger partial charge < -0.3 is 5.11 Å². The summed E-state index contributed by atoms with van der Waals surface area (Å²) in [6.45, 7) is 1.28. The lowest BCUT2D eigenvalue weighted by Gasteiger charge is -2.11. The average Bonchev–Trinajstić information content (AvgIpc) is 2.37. The third-order valence-electron chi connectivity index (χ3n) is 2.84. The highest BCUT2D eigenvalue weighted by Gasteiger charge is 2.18. The van der Waals surface area contributed by atoms with Gasteiger partial charge in [-0.05, 0) is 36.2 Å². The van der Waals surface area contributed by atoms with Gasteiger partial charge in [-0.25, -0.2) is 17.2 Å². The second-order valence-corrected chi connectivity index (χ2v) is 6.17. The van der Waals surface area contributed by atoms with Crippen molar-refractivity contribution in [1.82, 2.24) is 0 Å². The predicted octanol–water partition coefficient (Wildman–Crippen LogP) is 2.57. The van der Waals surface area contributed by atoms with Crippen LogP contribution >= 0.6 is 0 Å². The molecule has 0 amide bonds. The van der Waals surface area contributed by atoms with Gasteiger partial charge in [-0.3, -0.25) is 4.72 Å². The zero-order valence-corrected chi connectivity index (χ0v) is 11.9. The number of sulfonamides is 1. The Hall–Kier alpha value is -1.99. The lowest BCUT2D eigenvalue weighted by Crippen LogP contribution is -2.15. The number of hydrogen-bond donors (Lipinski definition) is 2. The summed E-state index contributed by atoms with van der Waals surface area (Å²) in [5.41, 5.74) is 0.671. The SMILES string of the molecule is Cc1ccc(CO)cc1S(=O)(=O)Nc1cc(F)cc(F)c1. The first-order valence-corrected chi connectivity index (χ1v) is 7.49. The Morgan fingerprint density at radius 3 is 2.29 bits per heavy atom. The smallest absolute Gasteiger partial charge is 0.262 e. The monoisotopic (exact) mass is 313 g/mol. The third-order valence-corrected chi connectivity index (χ3v) is 4.36. The van der Waals surface area contributed by atoms with Crippen LogP contribution in [-0.4, -0.2) is 13.5 Å². The van der Waals surface area contributed by atoms with Crippen molar-refractivity contribution in [3.8, 4) is 0 Å². The lowest BCUT2D eigenvalue weighted by molar-refractivity contribution is 0.281. The Balaban J connectivity index is 2.42. The minimum absolute atomic E-state index is 0.0567. The minimum Gasteiger partial charge on any atom is -0.392 e. The fraction of sp³-hybridized carbons (Fsp3) is 0.143. The van der Waals surface area contributed by atoms with Crippen LogP contribution in [0.25, 0.3) is 0 Å². The van der Waals surface area contributed by atoms with E-state index >= 15 is 0 Å². The van der Waals surface area contributed by atoms with Gasteiger partial charge in [-0.15, -0.1) is 0 Å². The van der Waals surface area contributed by atoms with Gasteiger partial charge in [0.2, 0.25) is 0 Å². The maximum atomic E-state index is 13.1. The van der Waals surface area contributed by atoms with Gasteiger partial charge in [-0.2, -0.15) is 0 Å². The summed E-state index contributed by atoms with van der Waals surface area (Å²) in [6.07, 6.45) is 0. The molecule has 0 saturated heterocycles. The van der Waals surface area contributed by atoms with Crippen LogP contribution < -0.4 is 4.72 Å². The molecule has 0 aliphatic rings. The Labute approximate surface area is 121 Å². The summed E-state index contributed by atoms with van der Waals surface area (Å²) in [4.78, 5) is -0.0567. The maximum absolute atomic E-state index is 13.1. The van der Waals surface area contributed by atoms with E-state index in [1.54, 1.807) is 19.1 Å². The highest BCUT2D eigenvalue weighted by atomic mass is 32.2. The molecule has 112 valence electrons. The van der Waals surface area contributed by atoms with Crippen molar-refractivity contribution in [1.29, 1.82) is 0 Å². The normalized spacial score (nSPS) is 11.4. The van der Waals surface area contributed by atoms with Crippen LogP contribution in [0.2, 0.25) is 0 Å². The van der Waals surface area contributed by atoms with Crippen molar-refractivity contribution in [2.45, 2.75) is 18.4 Å². The van der Waals surface area contributed by atoms with E-state index in [-0.39, 0.29) is 17.2 Å². The first-order valence-electron chi connectivity index (χ1n) is 6.01. The molecule has 2 N–H and O–H groups in total. The summed E-state index contributed by atoms with van der Waals surface area (Å²) in [5.74, 6) is -1.76. The topological polar surface area (TPSA) is 66.4 Å². The number of benzene rings is 2. The molecule has 0 fully saturated rings. The van der Waals surface area contributed by atoms with Crippen LogP contribution in [0.15, 0.2) is 41.3 Å². The van der Waals surface area contributed by atoms with E-state index in [0.717, 1.165) is 12.1 Å². The van der Waals surface area contributed by atoms with E-state index in [2.05, 4.69) is 4.72 Å². The van der Waals surface area contributed by atoms with Crippen LogP contribution in [0.5, 0.6) is 0 Å². The molecule has 0 saturated carbocycles. The lowest BCUT2D eigenvalue weighted by atomic mass is 10.2. The molecule has 2 rings (SSSR count). The number of aliphatic hydroxyl groups is 1. The van der Waals surface area contributed by atoms with Crippen LogP contribution in [0.4, 0.5) is 14.5 Å². The van der Waals surface area contributed by atoms with E-state index < -0.39 is 21.7 Å². The maximum Gasteiger partial charge on any atom is 0.262 e. The highest BCUT2D eigenvalue weighted by molar-refractivity contribution is 7.92. The molecule has 0 radical (unpaired) electrons. The number of aryl methyl sites for hydroxylation is 1. The molecule has 2 aromatic carbocycles. The molecule has 0 aromatic heterocycles. The molecule has 0 bridgehead atoms. The second kappa shape index (κ2) is 5.79. The van der Waals surface area contributed by atoms with Gasteiger partial charge in [0, 0.05) is 6.07 Å². The van der Waals surface area contributed by atoms with Crippen molar-refractivity contribution >= 4 is 15.7 Å². The van der Waals surface area contributed by atoms with Gasteiger partial charge in [0.15, 0.2) is 0 Å². The van der Waals surface area contributed by atoms with Crippen LogP contribution in [-0.2, 0) is 16.6 Å². The molecule has 0 atom stereocenters. The molecular weight excluding hydrogens is 300 g/mol. The van der Waals surface area contributed by atoms with Gasteiger partial charge in [-0.1, -0.05) is 12.1 Å². The molecule has 7 heteroatoms. The quantitative estimate of drug-likeness (QED) is 0.911. The van der Waals surface area contributed by atoms with Crippen molar-refractivity contribution in [2.75, 3.05) is 4.72 Å². The Bertz CT molecular complexity index is 756. The van der Waals surface area contributed by atoms with Gasteiger partial charge in [0.1, 0.15) is 11.6 Å². The van der Waals surface area contributed by atoms with E-state index in [4.69, 9.17) is 5.11 Å². The minimum atomic E-state index is -4.00. The first kappa shape index (κ1) is 15.4. The molecule has 0 aliphatic heterocycles.